The number of likely N-dealkylation sites (tertiary alicyclic amines) is 1. The van der Waals surface area contributed by atoms with E-state index in [0.29, 0.717) is 6.61 Å². The molecule has 1 saturated heterocycles. The molecular formula is C36H38N2O. The molecule has 1 aliphatic rings. The van der Waals surface area contributed by atoms with Crippen LogP contribution in [0.1, 0.15) is 49.8 Å². The first-order valence-corrected chi connectivity index (χ1v) is 14.0. The standard InChI is InChI=1S/C36H38N2O/c1-35(2,22-23-36(28-37,32-17-8-4-9-18-32)33-19-10-5-11-20-33)38-24-21-34(26-38)39-27-29-13-12-16-31(25-29)30-14-6-3-7-15-30/h3-20,25,34H,21-24,26-27H2,1-2H3/t34-/m0/s1. The van der Waals surface area contributed by atoms with E-state index >= 15 is 0 Å². The van der Waals surface area contributed by atoms with Crippen molar-refractivity contribution in [2.45, 2.75) is 56.8 Å². The minimum atomic E-state index is -0.667. The number of rotatable bonds is 10. The van der Waals surface area contributed by atoms with Gasteiger partial charge in [-0.1, -0.05) is 109 Å². The number of nitriles is 1. The highest BCUT2D eigenvalue weighted by Crippen LogP contribution is 2.39. The van der Waals surface area contributed by atoms with E-state index in [1.807, 2.05) is 42.5 Å². The molecule has 0 N–H and O–H groups in total. The topological polar surface area (TPSA) is 36.3 Å². The molecule has 0 aromatic heterocycles. The summed E-state index contributed by atoms with van der Waals surface area (Å²) >= 11 is 0. The van der Waals surface area contributed by atoms with E-state index in [2.05, 4.69) is 97.6 Å². The first-order valence-electron chi connectivity index (χ1n) is 14.0. The average molecular weight is 515 g/mol. The summed E-state index contributed by atoms with van der Waals surface area (Å²) < 4.78 is 6.42. The molecule has 4 aromatic carbocycles. The Labute approximate surface area is 233 Å². The maximum absolute atomic E-state index is 10.6. The van der Waals surface area contributed by atoms with Crippen molar-refractivity contribution in [1.29, 1.82) is 5.26 Å². The van der Waals surface area contributed by atoms with Gasteiger partial charge < -0.3 is 4.74 Å². The lowest BCUT2D eigenvalue weighted by Crippen LogP contribution is -2.44. The van der Waals surface area contributed by atoms with E-state index in [1.54, 1.807) is 0 Å². The van der Waals surface area contributed by atoms with Crippen LogP contribution >= 0.6 is 0 Å². The fourth-order valence-electron chi connectivity index (χ4n) is 5.84. The number of hydrogen-bond donors (Lipinski definition) is 0. The third-order valence-electron chi connectivity index (χ3n) is 8.36. The van der Waals surface area contributed by atoms with Crippen molar-refractivity contribution in [3.63, 3.8) is 0 Å². The van der Waals surface area contributed by atoms with Crippen LogP contribution in [0.4, 0.5) is 0 Å². The van der Waals surface area contributed by atoms with Gasteiger partial charge in [0.15, 0.2) is 0 Å². The summed E-state index contributed by atoms with van der Waals surface area (Å²) in [6, 6.07) is 42.4. The van der Waals surface area contributed by atoms with Crippen molar-refractivity contribution in [1.82, 2.24) is 4.90 Å². The Kier molecular flexibility index (Phi) is 8.27. The van der Waals surface area contributed by atoms with Crippen LogP contribution in [-0.4, -0.2) is 29.6 Å². The van der Waals surface area contributed by atoms with Crippen molar-refractivity contribution in [2.24, 2.45) is 0 Å². The molecular weight excluding hydrogens is 476 g/mol. The first kappa shape index (κ1) is 26.9. The molecule has 4 aromatic rings. The third kappa shape index (κ3) is 6.14. The van der Waals surface area contributed by atoms with Crippen LogP contribution < -0.4 is 0 Å². The summed E-state index contributed by atoms with van der Waals surface area (Å²) in [5.74, 6) is 0. The van der Waals surface area contributed by atoms with Gasteiger partial charge in [0.1, 0.15) is 5.41 Å². The van der Waals surface area contributed by atoms with Gasteiger partial charge in [-0.2, -0.15) is 5.26 Å². The predicted octanol–water partition coefficient (Wildman–Crippen LogP) is 8.01. The van der Waals surface area contributed by atoms with Crippen LogP contribution in [0.5, 0.6) is 0 Å². The molecule has 1 aliphatic heterocycles. The molecule has 0 unspecified atom stereocenters. The van der Waals surface area contributed by atoms with Gasteiger partial charge >= 0.3 is 0 Å². The molecule has 5 rings (SSSR count). The molecule has 39 heavy (non-hydrogen) atoms. The minimum Gasteiger partial charge on any atom is -0.372 e. The number of benzene rings is 4. The Morgan fingerprint density at radius 1 is 0.769 bits per heavy atom. The SMILES string of the molecule is CC(C)(CCC(C#N)(c1ccccc1)c1ccccc1)N1CC[C@H](OCc2cccc(-c3ccccc3)c2)C1. The lowest BCUT2D eigenvalue weighted by Gasteiger charge is -2.38. The second-order valence-corrected chi connectivity index (χ2v) is 11.3. The quantitative estimate of drug-likeness (QED) is 0.215. The molecule has 1 fully saturated rings. The number of nitrogens with zero attached hydrogens (tertiary/aromatic N) is 2. The summed E-state index contributed by atoms with van der Waals surface area (Å²) in [4.78, 5) is 2.55. The van der Waals surface area contributed by atoms with Crippen molar-refractivity contribution in [3.8, 4) is 17.2 Å². The monoisotopic (exact) mass is 514 g/mol. The van der Waals surface area contributed by atoms with Gasteiger partial charge in [-0.05, 0) is 67.0 Å². The molecule has 3 nitrogen and oxygen atoms in total. The predicted molar refractivity (Wildman–Crippen MR) is 159 cm³/mol. The molecule has 1 heterocycles. The zero-order valence-corrected chi connectivity index (χ0v) is 23.1. The fourth-order valence-corrected chi connectivity index (χ4v) is 5.84. The van der Waals surface area contributed by atoms with Crippen molar-refractivity contribution < 1.29 is 4.74 Å². The number of ether oxygens (including phenoxy) is 1. The lowest BCUT2D eigenvalue weighted by atomic mass is 9.70. The van der Waals surface area contributed by atoms with Crippen LogP contribution in [-0.2, 0) is 16.8 Å². The zero-order valence-electron chi connectivity index (χ0n) is 23.1. The molecule has 0 spiro atoms. The van der Waals surface area contributed by atoms with Crippen molar-refractivity contribution >= 4 is 0 Å². The Hall–Kier alpha value is -3.71. The summed E-state index contributed by atoms with van der Waals surface area (Å²) in [6.45, 7) is 7.19. The maximum atomic E-state index is 10.6. The highest BCUT2D eigenvalue weighted by Gasteiger charge is 2.39. The Balaban J connectivity index is 1.23. The van der Waals surface area contributed by atoms with Gasteiger partial charge in [-0.3, -0.25) is 4.90 Å². The largest absolute Gasteiger partial charge is 0.372 e. The van der Waals surface area contributed by atoms with Crippen LogP contribution in [0.15, 0.2) is 115 Å². The van der Waals surface area contributed by atoms with E-state index in [-0.39, 0.29) is 11.6 Å². The van der Waals surface area contributed by atoms with Gasteiger partial charge in [0.2, 0.25) is 0 Å². The van der Waals surface area contributed by atoms with Gasteiger partial charge in [-0.25, -0.2) is 0 Å². The smallest absolute Gasteiger partial charge is 0.107 e. The zero-order chi connectivity index (χ0) is 27.1. The molecule has 0 saturated carbocycles. The summed E-state index contributed by atoms with van der Waals surface area (Å²) in [5.41, 5.74) is 5.08. The van der Waals surface area contributed by atoms with Gasteiger partial charge in [0.05, 0.1) is 18.8 Å². The van der Waals surface area contributed by atoms with Crippen molar-refractivity contribution in [3.05, 3.63) is 132 Å². The summed E-state index contributed by atoms with van der Waals surface area (Å²) in [6.07, 6.45) is 2.92. The van der Waals surface area contributed by atoms with E-state index in [4.69, 9.17) is 4.74 Å². The van der Waals surface area contributed by atoms with E-state index < -0.39 is 5.41 Å². The number of hydrogen-bond acceptors (Lipinski definition) is 3. The second-order valence-electron chi connectivity index (χ2n) is 11.3. The highest BCUT2D eigenvalue weighted by molar-refractivity contribution is 5.63. The molecule has 0 radical (unpaired) electrons. The summed E-state index contributed by atoms with van der Waals surface area (Å²) in [7, 11) is 0. The average Bonchev–Trinajstić information content (AvgIpc) is 3.49. The fraction of sp³-hybridized carbons (Fsp3) is 0.306. The second kappa shape index (κ2) is 12.0. The minimum absolute atomic E-state index is 0.0446. The first-order chi connectivity index (χ1) is 19.0. The molecule has 0 bridgehead atoms. The van der Waals surface area contributed by atoms with Crippen molar-refractivity contribution in [2.75, 3.05) is 13.1 Å². The molecule has 3 heteroatoms. The van der Waals surface area contributed by atoms with E-state index in [9.17, 15) is 5.26 Å². The van der Waals surface area contributed by atoms with Crippen LogP contribution in [0.25, 0.3) is 11.1 Å². The summed E-state index contributed by atoms with van der Waals surface area (Å²) in [5, 5.41) is 10.6. The van der Waals surface area contributed by atoms with Crippen LogP contribution in [0.2, 0.25) is 0 Å². The molecule has 198 valence electrons. The lowest BCUT2D eigenvalue weighted by molar-refractivity contribution is 0.0341. The van der Waals surface area contributed by atoms with Crippen LogP contribution in [0, 0.1) is 11.3 Å². The molecule has 0 aliphatic carbocycles. The Morgan fingerprint density at radius 2 is 1.36 bits per heavy atom. The van der Waals surface area contributed by atoms with Crippen LogP contribution in [0.3, 0.4) is 0 Å². The Morgan fingerprint density at radius 3 is 1.97 bits per heavy atom. The highest BCUT2D eigenvalue weighted by atomic mass is 16.5. The Bertz CT molecular complexity index is 1340. The van der Waals surface area contributed by atoms with E-state index in [1.165, 1.54) is 16.7 Å². The molecule has 0 amide bonds. The van der Waals surface area contributed by atoms with Gasteiger partial charge in [0.25, 0.3) is 0 Å². The third-order valence-corrected chi connectivity index (χ3v) is 8.36. The molecule has 1 atom stereocenters. The van der Waals surface area contributed by atoms with Gasteiger partial charge in [-0.15, -0.1) is 0 Å². The normalized spacial score (nSPS) is 16.2. The van der Waals surface area contributed by atoms with Gasteiger partial charge in [0, 0.05) is 18.6 Å². The maximum Gasteiger partial charge on any atom is 0.107 e. The van der Waals surface area contributed by atoms with E-state index in [0.717, 1.165) is 43.5 Å².